The maximum Gasteiger partial charge on any atom is 0.491 e. The molecule has 0 fully saturated rings. The molecular weight excluding hydrogens is 268 g/mol. The first-order valence-electron chi connectivity index (χ1n) is 5.71. The van der Waals surface area contributed by atoms with E-state index in [1.165, 1.54) is 24.3 Å². The van der Waals surface area contributed by atoms with E-state index in [-0.39, 0.29) is 10.9 Å². The zero-order valence-electron chi connectivity index (χ0n) is 10.2. The highest BCUT2D eigenvalue weighted by molar-refractivity contribution is 6.59. The zero-order chi connectivity index (χ0) is 14.9. The molecule has 0 bridgehead atoms. The highest BCUT2D eigenvalue weighted by atomic mass is 19.1. The summed E-state index contributed by atoms with van der Waals surface area (Å²) in [5.74, 6) is -1.66. The summed E-state index contributed by atoms with van der Waals surface area (Å²) in [7, 11) is -3.85. The highest BCUT2D eigenvalue weighted by Gasteiger charge is 2.19. The molecule has 0 aromatic heterocycles. The molecule has 2 aromatic rings. The van der Waals surface area contributed by atoms with Crippen molar-refractivity contribution in [2.75, 3.05) is 0 Å². The quantitative estimate of drug-likeness (QED) is 0.542. The van der Waals surface area contributed by atoms with Gasteiger partial charge in [-0.15, -0.1) is 0 Å². The van der Waals surface area contributed by atoms with Crippen LogP contribution >= 0.6 is 0 Å². The van der Waals surface area contributed by atoms with Gasteiger partial charge in [-0.3, -0.25) is 0 Å². The molecule has 0 aliphatic heterocycles. The van der Waals surface area contributed by atoms with Crippen LogP contribution in [0.2, 0.25) is 0 Å². The molecule has 0 unspecified atom stereocenters. The van der Waals surface area contributed by atoms with Crippen molar-refractivity contribution >= 4 is 25.2 Å². The highest BCUT2D eigenvalue weighted by Crippen LogP contribution is 2.19. The van der Waals surface area contributed by atoms with Crippen LogP contribution in [0.4, 0.5) is 8.78 Å². The Bertz CT molecular complexity index is 579. The fraction of sp³-hybridized carbons (Fsp3) is 0. The van der Waals surface area contributed by atoms with E-state index in [4.69, 9.17) is 20.1 Å². The number of benzene rings is 2. The molecule has 0 saturated carbocycles. The van der Waals surface area contributed by atoms with E-state index < -0.39 is 25.9 Å². The van der Waals surface area contributed by atoms with Crippen molar-refractivity contribution < 1.29 is 28.9 Å². The van der Waals surface area contributed by atoms with Gasteiger partial charge >= 0.3 is 14.2 Å². The summed E-state index contributed by atoms with van der Waals surface area (Å²) < 4.78 is 27.2. The van der Waals surface area contributed by atoms with Crippen LogP contribution < -0.4 is 10.9 Å². The predicted octanol–water partition coefficient (Wildman–Crippen LogP) is -1.01. The van der Waals surface area contributed by atoms with Crippen LogP contribution in [-0.2, 0) is 0 Å². The van der Waals surface area contributed by atoms with Crippen molar-refractivity contribution in [3.8, 4) is 11.1 Å². The Kier molecular flexibility index (Phi) is 4.20. The molecule has 2 rings (SSSR count). The third-order valence-electron chi connectivity index (χ3n) is 2.89. The largest absolute Gasteiger partial charge is 0.491 e. The van der Waals surface area contributed by atoms with Crippen LogP contribution in [0.25, 0.3) is 11.1 Å². The van der Waals surface area contributed by atoms with E-state index in [1.807, 2.05) is 0 Å². The maximum absolute atomic E-state index is 13.6. The molecule has 8 heteroatoms. The Morgan fingerprint density at radius 1 is 0.650 bits per heavy atom. The summed E-state index contributed by atoms with van der Waals surface area (Å²) in [6.07, 6.45) is 0. The molecule has 0 radical (unpaired) electrons. The molecule has 102 valence electrons. The molecule has 0 heterocycles. The van der Waals surface area contributed by atoms with Crippen molar-refractivity contribution in [3.05, 3.63) is 48.0 Å². The molecule has 0 aliphatic rings. The summed E-state index contributed by atoms with van der Waals surface area (Å²) in [5.41, 5.74) is 0.0859. The number of hydrogen-bond donors (Lipinski definition) is 4. The van der Waals surface area contributed by atoms with Gasteiger partial charge in [-0.05, 0) is 23.3 Å². The summed E-state index contributed by atoms with van der Waals surface area (Å²) in [6, 6.07) is 7.25. The Labute approximate surface area is 114 Å². The van der Waals surface area contributed by atoms with Gasteiger partial charge in [-0.2, -0.15) is 0 Å². The van der Waals surface area contributed by atoms with Gasteiger partial charge in [0.25, 0.3) is 0 Å². The van der Waals surface area contributed by atoms with Gasteiger partial charge in [-0.25, -0.2) is 8.78 Å². The SMILES string of the molecule is OB(O)c1ccc(-c2ccc(B(O)O)c(F)c2)cc1F. The molecule has 0 amide bonds. The van der Waals surface area contributed by atoms with E-state index in [0.29, 0.717) is 11.1 Å². The van der Waals surface area contributed by atoms with Crippen LogP contribution in [0.1, 0.15) is 0 Å². The van der Waals surface area contributed by atoms with Crippen LogP contribution in [0.5, 0.6) is 0 Å². The second kappa shape index (κ2) is 5.72. The summed E-state index contributed by atoms with van der Waals surface area (Å²) in [6.45, 7) is 0. The summed E-state index contributed by atoms with van der Waals surface area (Å²) in [4.78, 5) is 0. The normalized spacial score (nSPS) is 10.5. The molecule has 0 atom stereocenters. The van der Waals surface area contributed by atoms with Crippen molar-refractivity contribution in [2.45, 2.75) is 0 Å². The second-order valence-electron chi connectivity index (χ2n) is 4.22. The van der Waals surface area contributed by atoms with Crippen molar-refractivity contribution in [1.29, 1.82) is 0 Å². The molecule has 4 N–H and O–H groups in total. The first-order chi connectivity index (χ1) is 9.40. The van der Waals surface area contributed by atoms with Gasteiger partial charge in [0.1, 0.15) is 11.6 Å². The summed E-state index contributed by atoms with van der Waals surface area (Å²) >= 11 is 0. The fourth-order valence-electron chi connectivity index (χ4n) is 1.83. The van der Waals surface area contributed by atoms with Gasteiger partial charge in [0.2, 0.25) is 0 Å². The van der Waals surface area contributed by atoms with E-state index in [1.54, 1.807) is 0 Å². The lowest BCUT2D eigenvalue weighted by molar-refractivity contribution is 0.421. The van der Waals surface area contributed by atoms with Crippen molar-refractivity contribution in [2.24, 2.45) is 0 Å². The lowest BCUT2D eigenvalue weighted by atomic mass is 9.78. The minimum atomic E-state index is -1.92. The number of rotatable bonds is 3. The lowest BCUT2D eigenvalue weighted by Crippen LogP contribution is -2.33. The minimum Gasteiger partial charge on any atom is -0.423 e. The van der Waals surface area contributed by atoms with Gasteiger partial charge < -0.3 is 20.1 Å². The number of halogens is 2. The van der Waals surface area contributed by atoms with Crippen LogP contribution in [0.15, 0.2) is 36.4 Å². The van der Waals surface area contributed by atoms with Crippen LogP contribution in [0.3, 0.4) is 0 Å². The Hall–Kier alpha value is -1.73. The minimum absolute atomic E-state index is 0.281. The van der Waals surface area contributed by atoms with Gasteiger partial charge in [0.05, 0.1) is 0 Å². The monoisotopic (exact) mass is 278 g/mol. The average molecular weight is 278 g/mol. The molecule has 2 aromatic carbocycles. The molecule has 0 spiro atoms. The standard InChI is InChI=1S/C12H10B2F2O4/c15-11-5-7(1-3-9(11)13(17)18)8-2-4-10(14(19)20)12(16)6-8/h1-6,17-20H. The van der Waals surface area contributed by atoms with E-state index >= 15 is 0 Å². The summed E-state index contributed by atoms with van der Waals surface area (Å²) in [5, 5.41) is 35.6. The third-order valence-corrected chi connectivity index (χ3v) is 2.89. The second-order valence-corrected chi connectivity index (χ2v) is 4.22. The Morgan fingerprint density at radius 3 is 1.25 bits per heavy atom. The first kappa shape index (κ1) is 14.7. The zero-order valence-corrected chi connectivity index (χ0v) is 10.2. The Morgan fingerprint density at radius 2 is 1.00 bits per heavy atom. The lowest BCUT2D eigenvalue weighted by Gasteiger charge is -2.08. The molecule has 20 heavy (non-hydrogen) atoms. The van der Waals surface area contributed by atoms with Crippen molar-refractivity contribution in [1.82, 2.24) is 0 Å². The fourth-order valence-corrected chi connectivity index (χ4v) is 1.83. The van der Waals surface area contributed by atoms with Crippen LogP contribution in [0, 0.1) is 11.6 Å². The topological polar surface area (TPSA) is 80.9 Å². The van der Waals surface area contributed by atoms with E-state index in [0.717, 1.165) is 12.1 Å². The molecule has 4 nitrogen and oxygen atoms in total. The maximum atomic E-state index is 13.6. The predicted molar refractivity (Wildman–Crippen MR) is 71.4 cm³/mol. The van der Waals surface area contributed by atoms with Gasteiger partial charge in [0, 0.05) is 10.9 Å². The van der Waals surface area contributed by atoms with Crippen LogP contribution in [-0.4, -0.2) is 34.3 Å². The smallest absolute Gasteiger partial charge is 0.423 e. The Balaban J connectivity index is 2.42. The van der Waals surface area contributed by atoms with E-state index in [2.05, 4.69) is 0 Å². The first-order valence-corrected chi connectivity index (χ1v) is 5.71. The third kappa shape index (κ3) is 2.88. The molecule has 0 aliphatic carbocycles. The van der Waals surface area contributed by atoms with E-state index in [9.17, 15) is 8.78 Å². The van der Waals surface area contributed by atoms with Crippen molar-refractivity contribution in [3.63, 3.8) is 0 Å². The molecule has 0 saturated heterocycles. The van der Waals surface area contributed by atoms with Gasteiger partial charge in [0.15, 0.2) is 0 Å². The average Bonchev–Trinajstić information content (AvgIpc) is 2.37. The number of hydrogen-bond acceptors (Lipinski definition) is 4. The van der Waals surface area contributed by atoms with Gasteiger partial charge in [-0.1, -0.05) is 24.3 Å². The molecular formula is C12H10B2F2O4.